The number of amides is 2. The molecule has 0 aliphatic heterocycles. The van der Waals surface area contributed by atoms with Gasteiger partial charge in [-0.2, -0.15) is 0 Å². The molecule has 0 saturated carbocycles. The Hall–Kier alpha value is -2.16. The van der Waals surface area contributed by atoms with E-state index >= 15 is 0 Å². The van der Waals surface area contributed by atoms with E-state index in [4.69, 9.17) is 9.47 Å². The van der Waals surface area contributed by atoms with Gasteiger partial charge < -0.3 is 33.5 Å². The summed E-state index contributed by atoms with van der Waals surface area (Å²) in [6, 6.07) is 11.5. The predicted molar refractivity (Wildman–Crippen MR) is 217 cm³/mol. The number of imide groups is 1. The van der Waals surface area contributed by atoms with Crippen molar-refractivity contribution in [1.82, 2.24) is 4.90 Å². The average Bonchev–Trinajstić information content (AvgIpc) is 3.14. The number of hydrogen-bond acceptors (Lipinski definition) is 4. The Morgan fingerprint density at radius 2 is 1.04 bits per heavy atom. The molecule has 0 fully saturated rings. The summed E-state index contributed by atoms with van der Waals surface area (Å²) in [5, 5.41) is 0. The lowest BCUT2D eigenvalue weighted by atomic mass is 10.1. The maximum atomic E-state index is 13.6. The average molecular weight is 849 g/mol. The van der Waals surface area contributed by atoms with E-state index in [-0.39, 0.29) is 35.8 Å². The maximum Gasteiger partial charge on any atom is 0.260 e. The van der Waals surface area contributed by atoms with Crippen molar-refractivity contribution in [2.24, 2.45) is 7.05 Å². The molecular weight excluding hydrogens is 771 g/mol. The first-order valence-corrected chi connectivity index (χ1v) is 21.6. The van der Waals surface area contributed by atoms with Gasteiger partial charge >= 0.3 is 0 Å². The third-order valence-corrected chi connectivity index (χ3v) is 10.3. The van der Waals surface area contributed by atoms with Crippen LogP contribution in [0.25, 0.3) is 0 Å². The molecule has 302 valence electrons. The number of halogens is 1. The summed E-state index contributed by atoms with van der Waals surface area (Å²) in [5.41, 5.74) is 1.63. The van der Waals surface area contributed by atoms with Crippen LogP contribution in [-0.4, -0.2) is 36.5 Å². The first-order chi connectivity index (χ1) is 25.5. The Kier molecular flexibility index (Phi) is 30.6. The van der Waals surface area contributed by atoms with E-state index in [0.717, 1.165) is 32.1 Å². The highest BCUT2D eigenvalue weighted by atomic mass is 127. The molecule has 0 bridgehead atoms. The number of aromatic nitrogens is 1. The van der Waals surface area contributed by atoms with Gasteiger partial charge in [0.2, 0.25) is 5.91 Å². The quantitative estimate of drug-likeness (QED) is 0.0409. The van der Waals surface area contributed by atoms with E-state index in [9.17, 15) is 9.59 Å². The molecule has 1 aromatic carbocycles. The number of rotatable bonds is 33. The molecule has 2 aromatic rings. The fraction of sp³-hybridized carbons (Fsp3) is 0.717. The molecule has 2 amide bonds. The molecule has 1 aromatic heterocycles. The molecule has 7 heteroatoms. The molecule has 0 spiro atoms. The number of ether oxygens (including phenoxy) is 2. The number of unbranched alkanes of at least 4 members (excludes halogenated alkanes) is 22. The Balaban J connectivity index is 0.0000140. The van der Waals surface area contributed by atoms with E-state index in [2.05, 4.69) is 24.5 Å². The zero-order valence-corrected chi connectivity index (χ0v) is 36.6. The third-order valence-electron chi connectivity index (χ3n) is 10.3. The zero-order valence-electron chi connectivity index (χ0n) is 34.5. The van der Waals surface area contributed by atoms with Gasteiger partial charge in [0.1, 0.15) is 7.05 Å². The number of benzene rings is 1. The van der Waals surface area contributed by atoms with Gasteiger partial charge in [0, 0.05) is 37.6 Å². The normalized spacial score (nSPS) is 10.9. The van der Waals surface area contributed by atoms with Crippen LogP contribution < -0.4 is 38.0 Å². The fourth-order valence-electron chi connectivity index (χ4n) is 6.92. The molecular formula is C46H77IN2O4. The van der Waals surface area contributed by atoms with Gasteiger partial charge in [-0.25, -0.2) is 4.57 Å². The Morgan fingerprint density at radius 1 is 0.585 bits per heavy atom. The molecule has 0 saturated heterocycles. The Morgan fingerprint density at radius 3 is 1.49 bits per heavy atom. The molecule has 0 radical (unpaired) electrons. The van der Waals surface area contributed by atoms with Crippen LogP contribution in [0.2, 0.25) is 0 Å². The number of nitrogens with zero attached hydrogens (tertiary/aromatic N) is 2. The molecule has 1 heterocycles. The van der Waals surface area contributed by atoms with Gasteiger partial charge in [0.05, 0.1) is 13.2 Å². The molecule has 0 aliphatic carbocycles. The summed E-state index contributed by atoms with van der Waals surface area (Å²) in [5.74, 6) is 0.763. The standard InChI is InChI=1S/C46H77N2O4.HI/c1-5-7-9-11-13-15-17-19-21-23-25-29-38-51-44-35-34-42(46(50)48(41(3)49)37-31-33-43-32-27-28-36-47(43)4)40-45(44)52-39-30-26-24-22-20-18-16-14-12-10-8-6-2;/h27-28,32,34-36,40H,5-26,29-31,33,37-39H2,1-4H3;1H/q+1;/p-1. The lowest BCUT2D eigenvalue weighted by molar-refractivity contribution is -0.679. The van der Waals surface area contributed by atoms with Gasteiger partial charge in [-0.3, -0.25) is 14.5 Å². The highest BCUT2D eigenvalue weighted by Crippen LogP contribution is 2.30. The lowest BCUT2D eigenvalue weighted by Gasteiger charge is -2.20. The van der Waals surface area contributed by atoms with Crippen molar-refractivity contribution >= 4 is 11.8 Å². The van der Waals surface area contributed by atoms with Gasteiger partial charge in [-0.15, -0.1) is 0 Å². The summed E-state index contributed by atoms with van der Waals surface area (Å²) >= 11 is 0. The number of aryl methyl sites for hydroxylation is 2. The third kappa shape index (κ3) is 23.4. The Labute approximate surface area is 342 Å². The van der Waals surface area contributed by atoms with Gasteiger partial charge in [-0.05, 0) is 37.5 Å². The van der Waals surface area contributed by atoms with E-state index in [1.165, 1.54) is 146 Å². The molecule has 53 heavy (non-hydrogen) atoms. The Bertz CT molecular complexity index is 1210. The highest BCUT2D eigenvalue weighted by molar-refractivity contribution is 6.04. The number of pyridine rings is 1. The van der Waals surface area contributed by atoms with E-state index in [1.807, 2.05) is 31.4 Å². The van der Waals surface area contributed by atoms with E-state index in [0.29, 0.717) is 43.2 Å². The predicted octanol–water partition coefficient (Wildman–Crippen LogP) is 9.30. The van der Waals surface area contributed by atoms with E-state index < -0.39 is 0 Å². The minimum atomic E-state index is -0.285. The van der Waals surface area contributed by atoms with Crippen molar-refractivity contribution in [3.63, 3.8) is 0 Å². The molecule has 2 rings (SSSR count). The molecule has 0 unspecified atom stereocenters. The van der Waals surface area contributed by atoms with Crippen LogP contribution in [0.4, 0.5) is 0 Å². The van der Waals surface area contributed by atoms with Crippen molar-refractivity contribution in [3.8, 4) is 11.5 Å². The second kappa shape index (κ2) is 33.2. The van der Waals surface area contributed by atoms with Crippen molar-refractivity contribution in [1.29, 1.82) is 0 Å². The van der Waals surface area contributed by atoms with Crippen LogP contribution in [0.1, 0.15) is 197 Å². The topological polar surface area (TPSA) is 59.7 Å². The largest absolute Gasteiger partial charge is 1.00 e. The maximum absolute atomic E-state index is 13.6. The molecule has 0 N–H and O–H groups in total. The number of carbonyl (C=O) groups is 2. The van der Waals surface area contributed by atoms with Crippen molar-refractivity contribution in [2.45, 2.75) is 188 Å². The summed E-state index contributed by atoms with van der Waals surface area (Å²) < 4.78 is 14.6. The summed E-state index contributed by atoms with van der Waals surface area (Å²) in [6.45, 7) is 7.62. The SMILES string of the molecule is CCCCCCCCCCCCCCOc1ccc(C(=O)N(CCCc2cccc[n+]2C)C(C)=O)cc1OCCCCCCCCCCCCCC.[I-]. The fourth-order valence-corrected chi connectivity index (χ4v) is 6.92. The number of carbonyl (C=O) groups excluding carboxylic acids is 2. The smallest absolute Gasteiger partial charge is 0.260 e. The second-order valence-electron chi connectivity index (χ2n) is 15.0. The van der Waals surface area contributed by atoms with Gasteiger partial charge in [0.15, 0.2) is 23.4 Å². The molecule has 0 atom stereocenters. The monoisotopic (exact) mass is 848 g/mol. The lowest BCUT2D eigenvalue weighted by Crippen LogP contribution is -3.00. The number of hydrogen-bond donors (Lipinski definition) is 0. The van der Waals surface area contributed by atoms with E-state index in [1.54, 1.807) is 12.1 Å². The van der Waals surface area contributed by atoms with Crippen LogP contribution in [-0.2, 0) is 18.3 Å². The highest BCUT2D eigenvalue weighted by Gasteiger charge is 2.22. The molecule has 6 nitrogen and oxygen atoms in total. The van der Waals surface area contributed by atoms with Gasteiger partial charge in [0.25, 0.3) is 5.91 Å². The minimum Gasteiger partial charge on any atom is -1.00 e. The van der Waals surface area contributed by atoms with Crippen LogP contribution >= 0.6 is 0 Å². The van der Waals surface area contributed by atoms with Crippen LogP contribution in [0.3, 0.4) is 0 Å². The minimum absolute atomic E-state index is 0. The van der Waals surface area contributed by atoms with Crippen LogP contribution in [0.15, 0.2) is 42.6 Å². The molecule has 0 aliphatic rings. The second-order valence-corrected chi connectivity index (χ2v) is 15.0. The van der Waals surface area contributed by atoms with Crippen LogP contribution in [0.5, 0.6) is 11.5 Å². The summed E-state index contributed by atoms with van der Waals surface area (Å²) in [7, 11) is 2.02. The zero-order chi connectivity index (χ0) is 37.5. The summed E-state index contributed by atoms with van der Waals surface area (Å²) in [6.07, 6.45) is 34.7. The first-order valence-electron chi connectivity index (χ1n) is 21.6. The first kappa shape index (κ1) is 48.9. The van der Waals surface area contributed by atoms with Crippen molar-refractivity contribution < 1.29 is 47.6 Å². The van der Waals surface area contributed by atoms with Gasteiger partial charge in [-0.1, -0.05) is 161 Å². The van der Waals surface area contributed by atoms with Crippen molar-refractivity contribution in [2.75, 3.05) is 19.8 Å². The van der Waals surface area contributed by atoms with Crippen molar-refractivity contribution in [3.05, 3.63) is 53.9 Å². The summed E-state index contributed by atoms with van der Waals surface area (Å²) in [4.78, 5) is 27.6. The van der Waals surface area contributed by atoms with Crippen LogP contribution in [0, 0.1) is 0 Å².